The molecule has 2 rings (SSSR count). The van der Waals surface area contributed by atoms with E-state index in [9.17, 15) is 5.11 Å². The molecule has 1 unspecified atom stereocenters. The molecule has 1 fully saturated rings. The van der Waals surface area contributed by atoms with Crippen LogP contribution in [-0.4, -0.2) is 35.8 Å². The van der Waals surface area contributed by atoms with Crippen molar-refractivity contribution in [3.8, 4) is 0 Å². The fourth-order valence-corrected chi connectivity index (χ4v) is 2.87. The molecule has 4 heteroatoms. The first-order valence-corrected chi connectivity index (χ1v) is 8.24. The highest BCUT2D eigenvalue weighted by Crippen LogP contribution is 2.22. The van der Waals surface area contributed by atoms with Crippen LogP contribution in [0.3, 0.4) is 0 Å². The van der Waals surface area contributed by atoms with Crippen LogP contribution in [0.2, 0.25) is 0 Å². The van der Waals surface area contributed by atoms with Crippen LogP contribution >= 0.6 is 0 Å². The number of hydrogen-bond acceptors (Lipinski definition) is 4. The van der Waals surface area contributed by atoms with Crippen molar-refractivity contribution in [3.05, 3.63) is 23.9 Å². The minimum Gasteiger partial charge on any atom is -0.394 e. The average molecular weight is 291 g/mol. The first kappa shape index (κ1) is 16.2. The van der Waals surface area contributed by atoms with Gasteiger partial charge in [0.25, 0.3) is 0 Å². The quantitative estimate of drug-likeness (QED) is 0.846. The molecule has 21 heavy (non-hydrogen) atoms. The second-order valence-corrected chi connectivity index (χ2v) is 6.43. The SMILES string of the molecule is CC(C)CNCc1ccc(N2CCCCCC2CO)nc1. The van der Waals surface area contributed by atoms with Crippen LogP contribution in [-0.2, 0) is 6.54 Å². The molecule has 4 nitrogen and oxygen atoms in total. The van der Waals surface area contributed by atoms with Crippen molar-refractivity contribution in [2.45, 2.75) is 52.1 Å². The van der Waals surface area contributed by atoms with Gasteiger partial charge in [-0.25, -0.2) is 4.98 Å². The van der Waals surface area contributed by atoms with Crippen molar-refractivity contribution in [2.75, 3.05) is 24.6 Å². The van der Waals surface area contributed by atoms with E-state index in [1.807, 2.05) is 6.20 Å². The number of nitrogens with zero attached hydrogens (tertiary/aromatic N) is 2. The first-order valence-electron chi connectivity index (χ1n) is 8.24. The Morgan fingerprint density at radius 2 is 2.19 bits per heavy atom. The van der Waals surface area contributed by atoms with Gasteiger partial charge in [-0.15, -0.1) is 0 Å². The largest absolute Gasteiger partial charge is 0.394 e. The Labute approximate surface area is 128 Å². The van der Waals surface area contributed by atoms with E-state index in [1.165, 1.54) is 24.8 Å². The molecule has 1 aliphatic rings. The molecule has 1 aliphatic heterocycles. The van der Waals surface area contributed by atoms with Gasteiger partial charge in [0.05, 0.1) is 12.6 Å². The van der Waals surface area contributed by atoms with E-state index in [0.717, 1.165) is 31.9 Å². The number of aliphatic hydroxyl groups is 1. The van der Waals surface area contributed by atoms with Crippen LogP contribution in [0.5, 0.6) is 0 Å². The predicted molar refractivity (Wildman–Crippen MR) is 87.5 cm³/mol. The summed E-state index contributed by atoms with van der Waals surface area (Å²) in [6, 6.07) is 4.47. The summed E-state index contributed by atoms with van der Waals surface area (Å²) in [5.41, 5.74) is 1.22. The standard InChI is InChI=1S/C17H29N3O/c1-14(2)10-18-11-15-7-8-17(19-12-15)20-9-5-3-4-6-16(20)13-21/h7-8,12,14,16,18,21H,3-6,9-11,13H2,1-2H3. The lowest BCUT2D eigenvalue weighted by Crippen LogP contribution is -2.38. The van der Waals surface area contributed by atoms with Crippen molar-refractivity contribution < 1.29 is 5.11 Å². The van der Waals surface area contributed by atoms with Crippen LogP contribution in [0.4, 0.5) is 5.82 Å². The van der Waals surface area contributed by atoms with Crippen molar-refractivity contribution in [1.29, 1.82) is 0 Å². The van der Waals surface area contributed by atoms with Gasteiger partial charge in [0.15, 0.2) is 0 Å². The number of nitrogens with one attached hydrogen (secondary N) is 1. The molecule has 1 aromatic rings. The van der Waals surface area contributed by atoms with Gasteiger partial charge in [-0.3, -0.25) is 0 Å². The lowest BCUT2D eigenvalue weighted by molar-refractivity contribution is 0.254. The van der Waals surface area contributed by atoms with E-state index < -0.39 is 0 Å². The van der Waals surface area contributed by atoms with Crippen LogP contribution in [0, 0.1) is 5.92 Å². The second kappa shape index (κ2) is 8.35. The highest BCUT2D eigenvalue weighted by molar-refractivity contribution is 5.41. The summed E-state index contributed by atoms with van der Waals surface area (Å²) in [6.07, 6.45) is 6.68. The average Bonchev–Trinajstić information content (AvgIpc) is 2.73. The Balaban J connectivity index is 1.96. The van der Waals surface area contributed by atoms with E-state index in [4.69, 9.17) is 0 Å². The maximum atomic E-state index is 9.59. The predicted octanol–water partition coefficient (Wildman–Crippen LogP) is 2.57. The lowest BCUT2D eigenvalue weighted by atomic mass is 10.1. The molecule has 1 aromatic heterocycles. The molecule has 0 aromatic carbocycles. The topological polar surface area (TPSA) is 48.4 Å². The number of pyridine rings is 1. The summed E-state index contributed by atoms with van der Waals surface area (Å²) in [7, 11) is 0. The van der Waals surface area contributed by atoms with E-state index in [0.29, 0.717) is 5.92 Å². The summed E-state index contributed by atoms with van der Waals surface area (Å²) >= 11 is 0. The molecule has 0 radical (unpaired) electrons. The Morgan fingerprint density at radius 1 is 1.33 bits per heavy atom. The van der Waals surface area contributed by atoms with Crippen molar-refractivity contribution in [3.63, 3.8) is 0 Å². The molecular formula is C17H29N3O. The third-order valence-electron chi connectivity index (χ3n) is 4.07. The summed E-state index contributed by atoms with van der Waals surface area (Å²) in [5.74, 6) is 1.67. The fraction of sp³-hybridized carbons (Fsp3) is 0.706. The number of anilines is 1. The first-order chi connectivity index (χ1) is 10.2. The number of aliphatic hydroxyl groups excluding tert-OH is 1. The third-order valence-corrected chi connectivity index (χ3v) is 4.07. The van der Waals surface area contributed by atoms with Crippen LogP contribution in [0.15, 0.2) is 18.3 Å². The molecule has 118 valence electrons. The molecule has 2 N–H and O–H groups in total. The molecule has 1 saturated heterocycles. The summed E-state index contributed by atoms with van der Waals surface area (Å²) < 4.78 is 0. The van der Waals surface area contributed by atoms with Gasteiger partial charge in [0.1, 0.15) is 5.82 Å². The normalized spacial score (nSPS) is 19.8. The van der Waals surface area contributed by atoms with E-state index in [-0.39, 0.29) is 12.6 Å². The molecule has 1 atom stereocenters. The number of aromatic nitrogens is 1. The van der Waals surface area contributed by atoms with Crippen LogP contribution in [0.25, 0.3) is 0 Å². The molecule has 0 spiro atoms. The van der Waals surface area contributed by atoms with Gasteiger partial charge in [-0.05, 0) is 36.9 Å². The molecule has 0 aliphatic carbocycles. The Hall–Kier alpha value is -1.13. The number of hydrogen-bond donors (Lipinski definition) is 2. The minimum absolute atomic E-state index is 0.222. The Bertz CT molecular complexity index is 405. The number of rotatable bonds is 6. The zero-order valence-electron chi connectivity index (χ0n) is 13.4. The molecule has 0 saturated carbocycles. The smallest absolute Gasteiger partial charge is 0.128 e. The van der Waals surface area contributed by atoms with Gasteiger partial charge < -0.3 is 15.3 Å². The molecular weight excluding hydrogens is 262 g/mol. The van der Waals surface area contributed by atoms with Crippen molar-refractivity contribution in [1.82, 2.24) is 10.3 Å². The van der Waals surface area contributed by atoms with Crippen molar-refractivity contribution >= 4 is 5.82 Å². The third kappa shape index (κ3) is 4.97. The highest BCUT2D eigenvalue weighted by Gasteiger charge is 2.21. The minimum atomic E-state index is 0.222. The van der Waals surface area contributed by atoms with Crippen LogP contribution in [0.1, 0.15) is 45.1 Å². The van der Waals surface area contributed by atoms with E-state index in [1.54, 1.807) is 0 Å². The molecule has 0 bridgehead atoms. The second-order valence-electron chi connectivity index (χ2n) is 6.43. The van der Waals surface area contributed by atoms with Gasteiger partial charge in [0, 0.05) is 19.3 Å². The Morgan fingerprint density at radius 3 is 2.86 bits per heavy atom. The molecule has 0 amide bonds. The maximum absolute atomic E-state index is 9.59. The van der Waals surface area contributed by atoms with Gasteiger partial charge in [0.2, 0.25) is 0 Å². The van der Waals surface area contributed by atoms with Gasteiger partial charge in [-0.1, -0.05) is 32.8 Å². The summed E-state index contributed by atoms with van der Waals surface area (Å²) in [5, 5.41) is 13.0. The summed E-state index contributed by atoms with van der Waals surface area (Å²) in [4.78, 5) is 6.89. The zero-order chi connectivity index (χ0) is 15.1. The van der Waals surface area contributed by atoms with Crippen molar-refractivity contribution in [2.24, 2.45) is 5.92 Å². The fourth-order valence-electron chi connectivity index (χ4n) is 2.87. The highest BCUT2D eigenvalue weighted by atomic mass is 16.3. The van der Waals surface area contributed by atoms with Crippen LogP contribution < -0.4 is 10.2 Å². The van der Waals surface area contributed by atoms with Gasteiger partial charge in [-0.2, -0.15) is 0 Å². The summed E-state index contributed by atoms with van der Waals surface area (Å²) in [6.45, 7) is 7.54. The lowest BCUT2D eigenvalue weighted by Gasteiger charge is -2.29. The van der Waals surface area contributed by atoms with E-state index in [2.05, 4.69) is 41.2 Å². The Kier molecular flexibility index (Phi) is 6.46. The maximum Gasteiger partial charge on any atom is 0.128 e. The zero-order valence-corrected chi connectivity index (χ0v) is 13.4. The van der Waals surface area contributed by atoms with Gasteiger partial charge >= 0.3 is 0 Å². The van der Waals surface area contributed by atoms with E-state index >= 15 is 0 Å². The molecule has 2 heterocycles. The monoisotopic (exact) mass is 291 g/mol.